The predicted molar refractivity (Wildman–Crippen MR) is 104 cm³/mol. The summed E-state index contributed by atoms with van der Waals surface area (Å²) in [7, 11) is 0. The lowest BCUT2D eigenvalue weighted by Crippen LogP contribution is -2.24. The first kappa shape index (κ1) is 18.3. The Morgan fingerprint density at radius 3 is 2.63 bits per heavy atom. The average Bonchev–Trinajstić information content (AvgIpc) is 3.07. The first-order chi connectivity index (χ1) is 13.1. The first-order valence-corrected chi connectivity index (χ1v) is 10.7. The van der Waals surface area contributed by atoms with Gasteiger partial charge in [0.2, 0.25) is 0 Å². The summed E-state index contributed by atoms with van der Waals surface area (Å²) in [6.07, 6.45) is 15.1. The number of ketones is 1. The average molecular weight is 387 g/mol. The van der Waals surface area contributed by atoms with E-state index in [0.717, 1.165) is 18.8 Å². The smallest absolute Gasteiger partial charge is 0.260 e. The zero-order valence-corrected chi connectivity index (χ0v) is 16.3. The minimum Gasteiger partial charge on any atom is -0.365 e. The number of carbonyl (C=O) groups is 2. The van der Waals surface area contributed by atoms with Crippen molar-refractivity contribution in [1.82, 2.24) is 14.8 Å². The van der Waals surface area contributed by atoms with Gasteiger partial charge in [-0.3, -0.25) is 14.3 Å². The SMILES string of the molecule is NC(=O)c1cnc(CC(=O)C(CC2CCCC2)n2cc(CC3CC3)cn2)s1. The van der Waals surface area contributed by atoms with Gasteiger partial charge in [0.15, 0.2) is 5.78 Å². The summed E-state index contributed by atoms with van der Waals surface area (Å²) in [6.45, 7) is 0. The van der Waals surface area contributed by atoms with E-state index in [2.05, 4.69) is 16.3 Å². The van der Waals surface area contributed by atoms with E-state index >= 15 is 0 Å². The third kappa shape index (κ3) is 4.64. The maximum Gasteiger partial charge on any atom is 0.260 e. The number of carbonyl (C=O) groups excluding carboxylic acids is 2. The molecule has 144 valence electrons. The van der Waals surface area contributed by atoms with Crippen LogP contribution in [0.15, 0.2) is 18.6 Å². The van der Waals surface area contributed by atoms with Crippen LogP contribution < -0.4 is 5.73 Å². The number of amides is 1. The minimum absolute atomic E-state index is 0.119. The van der Waals surface area contributed by atoms with Gasteiger partial charge in [-0.15, -0.1) is 11.3 Å². The maximum absolute atomic E-state index is 13.1. The molecule has 1 atom stereocenters. The molecule has 27 heavy (non-hydrogen) atoms. The number of Topliss-reactive ketones (excluding diaryl/α,β-unsaturated/α-hetero) is 1. The van der Waals surface area contributed by atoms with Crippen LogP contribution in [0.25, 0.3) is 0 Å². The van der Waals surface area contributed by atoms with Gasteiger partial charge in [0.25, 0.3) is 5.91 Å². The molecule has 2 aliphatic rings. The predicted octanol–water partition coefficient (Wildman–Crippen LogP) is 3.32. The van der Waals surface area contributed by atoms with E-state index in [0.29, 0.717) is 15.8 Å². The van der Waals surface area contributed by atoms with Crippen LogP contribution in [0.1, 0.15) is 71.2 Å². The zero-order chi connectivity index (χ0) is 18.8. The fourth-order valence-corrected chi connectivity index (χ4v) is 4.81. The second-order valence-electron chi connectivity index (χ2n) is 8.00. The molecule has 2 aliphatic carbocycles. The molecule has 2 heterocycles. The van der Waals surface area contributed by atoms with E-state index in [1.165, 1.54) is 61.6 Å². The van der Waals surface area contributed by atoms with Crippen molar-refractivity contribution in [2.45, 2.75) is 63.8 Å². The van der Waals surface area contributed by atoms with E-state index < -0.39 is 5.91 Å². The van der Waals surface area contributed by atoms with Crippen molar-refractivity contribution < 1.29 is 9.59 Å². The summed E-state index contributed by atoms with van der Waals surface area (Å²) < 4.78 is 1.88. The third-order valence-electron chi connectivity index (χ3n) is 5.72. The maximum atomic E-state index is 13.1. The Bertz CT molecular complexity index is 818. The molecule has 2 fully saturated rings. The molecule has 4 rings (SSSR count). The Kier molecular flexibility index (Phi) is 5.38. The van der Waals surface area contributed by atoms with Crippen molar-refractivity contribution in [2.24, 2.45) is 17.6 Å². The van der Waals surface area contributed by atoms with Gasteiger partial charge in [-0.2, -0.15) is 5.10 Å². The summed E-state index contributed by atoms with van der Waals surface area (Å²) >= 11 is 1.21. The van der Waals surface area contributed by atoms with Crippen LogP contribution in [0.2, 0.25) is 0 Å². The Balaban J connectivity index is 1.49. The number of nitrogens with two attached hydrogens (primary N) is 1. The standard InChI is InChI=1S/C20H26N4O2S/c21-20(26)18-11-22-19(27-18)9-17(25)16(8-13-3-1-2-4-13)24-12-15(10-23-24)7-14-5-6-14/h10-14,16H,1-9H2,(H2,21,26). The number of hydrogen-bond acceptors (Lipinski definition) is 5. The van der Waals surface area contributed by atoms with Gasteiger partial charge < -0.3 is 5.73 Å². The van der Waals surface area contributed by atoms with Crippen molar-refractivity contribution in [2.75, 3.05) is 0 Å². The van der Waals surface area contributed by atoms with E-state index in [1.807, 2.05) is 10.9 Å². The van der Waals surface area contributed by atoms with E-state index in [-0.39, 0.29) is 18.2 Å². The lowest BCUT2D eigenvalue weighted by Gasteiger charge is -2.20. The second kappa shape index (κ2) is 7.92. The Hall–Kier alpha value is -2.02. The number of thiazole rings is 1. The molecule has 0 radical (unpaired) electrons. The van der Waals surface area contributed by atoms with Crippen LogP contribution in [0.4, 0.5) is 0 Å². The van der Waals surface area contributed by atoms with Crippen molar-refractivity contribution in [3.8, 4) is 0 Å². The van der Waals surface area contributed by atoms with Gasteiger partial charge in [0.05, 0.1) is 18.8 Å². The van der Waals surface area contributed by atoms with Crippen LogP contribution in [0.5, 0.6) is 0 Å². The molecule has 0 bridgehead atoms. The molecule has 7 heteroatoms. The summed E-state index contributed by atoms with van der Waals surface area (Å²) in [4.78, 5) is 29.0. The van der Waals surface area contributed by atoms with Crippen LogP contribution in [0, 0.1) is 11.8 Å². The fourth-order valence-electron chi connectivity index (χ4n) is 4.03. The van der Waals surface area contributed by atoms with Gasteiger partial charge in [-0.25, -0.2) is 4.98 Å². The van der Waals surface area contributed by atoms with E-state index in [4.69, 9.17) is 5.73 Å². The van der Waals surface area contributed by atoms with Crippen LogP contribution in [0.3, 0.4) is 0 Å². The molecule has 2 aromatic heterocycles. The largest absolute Gasteiger partial charge is 0.365 e. The van der Waals surface area contributed by atoms with Gasteiger partial charge >= 0.3 is 0 Å². The third-order valence-corrected chi connectivity index (χ3v) is 6.73. The molecule has 2 aromatic rings. The number of hydrogen-bond donors (Lipinski definition) is 1. The van der Waals surface area contributed by atoms with Crippen molar-refractivity contribution in [3.63, 3.8) is 0 Å². The Labute approximate surface area is 163 Å². The molecule has 0 spiro atoms. The molecular weight excluding hydrogens is 360 g/mol. The van der Waals surface area contributed by atoms with Crippen LogP contribution >= 0.6 is 11.3 Å². The summed E-state index contributed by atoms with van der Waals surface area (Å²) in [6, 6.07) is -0.248. The van der Waals surface area contributed by atoms with E-state index in [9.17, 15) is 9.59 Å². The molecule has 2 N–H and O–H groups in total. The highest BCUT2D eigenvalue weighted by Crippen LogP contribution is 2.35. The van der Waals surface area contributed by atoms with Crippen molar-refractivity contribution >= 4 is 23.0 Å². The fraction of sp³-hybridized carbons (Fsp3) is 0.600. The Morgan fingerprint density at radius 1 is 1.19 bits per heavy atom. The van der Waals surface area contributed by atoms with Crippen molar-refractivity contribution in [3.05, 3.63) is 34.0 Å². The molecular formula is C20H26N4O2S. The van der Waals surface area contributed by atoms with Crippen molar-refractivity contribution in [1.29, 1.82) is 0 Å². The number of rotatable bonds is 9. The van der Waals surface area contributed by atoms with Crippen LogP contribution in [-0.2, 0) is 17.6 Å². The molecule has 0 saturated heterocycles. The number of aromatic nitrogens is 3. The molecule has 0 aromatic carbocycles. The van der Waals surface area contributed by atoms with Crippen LogP contribution in [-0.4, -0.2) is 26.5 Å². The second-order valence-corrected chi connectivity index (χ2v) is 9.12. The summed E-state index contributed by atoms with van der Waals surface area (Å²) in [5.41, 5.74) is 6.53. The molecule has 6 nitrogen and oxygen atoms in total. The molecule has 1 unspecified atom stereocenters. The number of nitrogens with zero attached hydrogens (tertiary/aromatic N) is 3. The molecule has 0 aliphatic heterocycles. The molecule has 2 saturated carbocycles. The highest BCUT2D eigenvalue weighted by atomic mass is 32.1. The van der Waals surface area contributed by atoms with Gasteiger partial charge in [-0.1, -0.05) is 25.7 Å². The highest BCUT2D eigenvalue weighted by molar-refractivity contribution is 7.13. The molecule has 1 amide bonds. The van der Waals surface area contributed by atoms with Gasteiger partial charge in [-0.05, 0) is 43.1 Å². The topological polar surface area (TPSA) is 90.9 Å². The first-order valence-electron chi connectivity index (χ1n) is 9.88. The summed E-state index contributed by atoms with van der Waals surface area (Å²) in [5, 5.41) is 5.19. The lowest BCUT2D eigenvalue weighted by atomic mass is 9.95. The van der Waals surface area contributed by atoms with Gasteiger partial charge in [0, 0.05) is 6.20 Å². The summed E-state index contributed by atoms with van der Waals surface area (Å²) in [5.74, 6) is 1.01. The van der Waals surface area contributed by atoms with Gasteiger partial charge in [0.1, 0.15) is 15.9 Å². The normalized spacial score (nSPS) is 18.7. The number of primary amides is 1. The monoisotopic (exact) mass is 386 g/mol. The van der Waals surface area contributed by atoms with E-state index in [1.54, 1.807) is 0 Å². The lowest BCUT2D eigenvalue weighted by molar-refractivity contribution is -0.122. The Morgan fingerprint density at radius 2 is 1.96 bits per heavy atom. The minimum atomic E-state index is -0.495. The zero-order valence-electron chi connectivity index (χ0n) is 15.5. The highest BCUT2D eigenvalue weighted by Gasteiger charge is 2.29. The quantitative estimate of drug-likeness (QED) is 0.716.